The molecule has 0 aromatic heterocycles. The third-order valence-electron chi connectivity index (χ3n) is 2.14. The van der Waals surface area contributed by atoms with Crippen LogP contribution in [0.15, 0.2) is 0 Å². The summed E-state index contributed by atoms with van der Waals surface area (Å²) in [6.07, 6.45) is 5.71. The summed E-state index contributed by atoms with van der Waals surface area (Å²) in [7, 11) is 2.21. The number of alkyl halides is 1. The minimum Gasteiger partial charge on any atom is -0.304 e. The van der Waals surface area contributed by atoms with Crippen LogP contribution in [0.5, 0.6) is 0 Å². The van der Waals surface area contributed by atoms with Crippen LogP contribution < -0.4 is 0 Å². The fraction of sp³-hybridized carbons (Fsp3) is 1.00. The molecule has 1 unspecified atom stereocenters. The lowest BCUT2D eigenvalue weighted by Crippen LogP contribution is -2.33. The lowest BCUT2D eigenvalue weighted by Gasteiger charge is -2.29. The van der Waals surface area contributed by atoms with Crippen molar-refractivity contribution in [3.05, 3.63) is 0 Å². The Bertz CT molecular complexity index is 65.7. The van der Waals surface area contributed by atoms with Gasteiger partial charge >= 0.3 is 0 Å². The van der Waals surface area contributed by atoms with E-state index in [0.717, 1.165) is 6.04 Å². The van der Waals surface area contributed by atoms with E-state index in [1.54, 1.807) is 0 Å². The van der Waals surface area contributed by atoms with E-state index in [4.69, 9.17) is 0 Å². The molecule has 0 amide bonds. The van der Waals surface area contributed by atoms with Crippen molar-refractivity contribution < 1.29 is 0 Å². The van der Waals surface area contributed by atoms with Crippen molar-refractivity contribution in [2.24, 2.45) is 0 Å². The van der Waals surface area contributed by atoms with Crippen molar-refractivity contribution in [2.75, 3.05) is 20.0 Å². The quantitative estimate of drug-likeness (QED) is 0.496. The molecule has 0 N–H and O–H groups in total. The fourth-order valence-corrected chi connectivity index (χ4v) is 1.24. The average molecular weight is 164 g/mol. The third-order valence-corrected chi connectivity index (χ3v) is 2.14. The Morgan fingerprint density at radius 1 is 1.30 bits per heavy atom. The molecule has 1 atom stereocenters. The number of likely N-dealkylation sites (tertiary alicyclic amines) is 1. The molecule has 1 saturated heterocycles. The Kier molecular flexibility index (Phi) is 6.14. The molecule has 10 heavy (non-hydrogen) atoms. The van der Waals surface area contributed by atoms with E-state index in [-0.39, 0.29) is 0 Å². The van der Waals surface area contributed by atoms with Crippen LogP contribution in [0.4, 0.5) is 0 Å². The van der Waals surface area contributed by atoms with Crippen molar-refractivity contribution in [1.29, 1.82) is 0 Å². The molecule has 1 rings (SSSR count). The van der Waals surface area contributed by atoms with E-state index >= 15 is 0 Å². The maximum absolute atomic E-state index is 4.64. The Morgan fingerprint density at radius 3 is 2.20 bits per heavy atom. The SMILES string of the molecule is CC1CCCCN1C.CCl. The lowest BCUT2D eigenvalue weighted by molar-refractivity contribution is 0.200. The van der Waals surface area contributed by atoms with E-state index in [1.807, 2.05) is 0 Å². The van der Waals surface area contributed by atoms with Crippen molar-refractivity contribution in [1.82, 2.24) is 4.90 Å². The minimum absolute atomic E-state index is 0.837. The second-order valence-corrected chi connectivity index (χ2v) is 2.83. The number of hydrogen-bond donors (Lipinski definition) is 0. The molecular weight excluding hydrogens is 146 g/mol. The summed E-state index contributed by atoms with van der Waals surface area (Å²) in [6.45, 7) is 3.61. The fourth-order valence-electron chi connectivity index (χ4n) is 1.24. The van der Waals surface area contributed by atoms with Crippen LogP contribution in [-0.4, -0.2) is 30.9 Å². The molecule has 0 spiro atoms. The van der Waals surface area contributed by atoms with Crippen LogP contribution in [0.2, 0.25) is 0 Å². The van der Waals surface area contributed by atoms with Gasteiger partial charge in [-0.3, -0.25) is 0 Å². The molecule has 0 aromatic carbocycles. The van der Waals surface area contributed by atoms with Crippen LogP contribution in [0.3, 0.4) is 0 Å². The number of hydrogen-bond acceptors (Lipinski definition) is 1. The van der Waals surface area contributed by atoms with Crippen LogP contribution >= 0.6 is 11.6 Å². The highest BCUT2D eigenvalue weighted by Gasteiger charge is 2.12. The van der Waals surface area contributed by atoms with Gasteiger partial charge in [0, 0.05) is 12.4 Å². The van der Waals surface area contributed by atoms with Crippen molar-refractivity contribution >= 4 is 11.6 Å². The van der Waals surface area contributed by atoms with Gasteiger partial charge in [0.2, 0.25) is 0 Å². The second-order valence-electron chi connectivity index (χ2n) is 2.83. The largest absolute Gasteiger partial charge is 0.304 e. The Balaban J connectivity index is 0.000000371. The monoisotopic (exact) mass is 163 g/mol. The highest BCUT2D eigenvalue weighted by atomic mass is 35.5. The molecule has 0 bridgehead atoms. The summed E-state index contributed by atoms with van der Waals surface area (Å²) >= 11 is 4.64. The van der Waals surface area contributed by atoms with Crippen molar-refractivity contribution in [3.8, 4) is 0 Å². The van der Waals surface area contributed by atoms with Gasteiger partial charge in [-0.05, 0) is 33.4 Å². The molecule has 0 aromatic rings. The number of halogens is 1. The summed E-state index contributed by atoms with van der Waals surface area (Å²) in [5.41, 5.74) is 0. The van der Waals surface area contributed by atoms with Gasteiger partial charge in [0.25, 0.3) is 0 Å². The van der Waals surface area contributed by atoms with E-state index < -0.39 is 0 Å². The predicted molar refractivity (Wildman–Crippen MR) is 47.7 cm³/mol. The molecule has 1 heterocycles. The Labute approximate surface area is 69.4 Å². The van der Waals surface area contributed by atoms with Crippen LogP contribution in [0.1, 0.15) is 26.2 Å². The average Bonchev–Trinajstić information content (AvgIpc) is 2.00. The summed E-state index contributed by atoms with van der Waals surface area (Å²) in [5.74, 6) is 0. The molecule has 2 heteroatoms. The maximum Gasteiger partial charge on any atom is 0.0108 e. The van der Waals surface area contributed by atoms with Gasteiger partial charge in [-0.1, -0.05) is 6.42 Å². The zero-order chi connectivity index (χ0) is 7.98. The summed E-state index contributed by atoms with van der Waals surface area (Å²) in [6, 6.07) is 0.837. The first kappa shape index (κ1) is 10.2. The highest BCUT2D eigenvalue weighted by Crippen LogP contribution is 2.13. The summed E-state index contributed by atoms with van der Waals surface area (Å²) in [4.78, 5) is 2.43. The highest BCUT2D eigenvalue weighted by molar-refractivity contribution is 6.15. The van der Waals surface area contributed by atoms with E-state index in [1.165, 1.54) is 32.2 Å². The topological polar surface area (TPSA) is 3.24 Å². The Morgan fingerprint density at radius 2 is 1.90 bits per heavy atom. The molecular formula is C8H18ClN. The van der Waals surface area contributed by atoms with Crippen LogP contribution in [-0.2, 0) is 0 Å². The van der Waals surface area contributed by atoms with Crippen molar-refractivity contribution in [3.63, 3.8) is 0 Å². The lowest BCUT2D eigenvalue weighted by atomic mass is 10.1. The molecule has 62 valence electrons. The van der Waals surface area contributed by atoms with Crippen LogP contribution in [0, 0.1) is 0 Å². The van der Waals surface area contributed by atoms with Gasteiger partial charge < -0.3 is 4.90 Å². The second kappa shape index (κ2) is 5.99. The first-order valence-corrected chi connectivity index (χ1v) is 4.64. The zero-order valence-electron chi connectivity index (χ0n) is 7.23. The van der Waals surface area contributed by atoms with E-state index in [0.29, 0.717) is 0 Å². The van der Waals surface area contributed by atoms with E-state index in [9.17, 15) is 0 Å². The third kappa shape index (κ3) is 3.43. The molecule has 1 aliphatic rings. The normalized spacial score (nSPS) is 27.0. The van der Waals surface area contributed by atoms with E-state index in [2.05, 4.69) is 30.5 Å². The van der Waals surface area contributed by atoms with Crippen molar-refractivity contribution in [2.45, 2.75) is 32.2 Å². The predicted octanol–water partition coefficient (Wildman–Crippen LogP) is 2.35. The summed E-state index contributed by atoms with van der Waals surface area (Å²) in [5, 5.41) is 0. The number of rotatable bonds is 0. The Hall–Kier alpha value is 0.250. The van der Waals surface area contributed by atoms with Gasteiger partial charge in [-0.2, -0.15) is 0 Å². The maximum atomic E-state index is 4.64. The standard InChI is InChI=1S/C7H15N.CH3Cl/c1-7-5-3-4-6-8(7)2;1-2/h7H,3-6H2,1-2H3;1H3. The molecule has 0 saturated carbocycles. The van der Waals surface area contributed by atoms with Gasteiger partial charge in [-0.15, -0.1) is 11.6 Å². The minimum atomic E-state index is 0.837. The van der Waals surface area contributed by atoms with Gasteiger partial charge in [-0.25, -0.2) is 0 Å². The first-order chi connectivity index (χ1) is 4.80. The zero-order valence-corrected chi connectivity index (χ0v) is 7.99. The number of piperidine rings is 1. The summed E-state index contributed by atoms with van der Waals surface area (Å²) < 4.78 is 0. The molecule has 0 aliphatic carbocycles. The molecule has 1 fully saturated rings. The molecule has 1 nitrogen and oxygen atoms in total. The molecule has 0 radical (unpaired) electrons. The van der Waals surface area contributed by atoms with Gasteiger partial charge in [0.05, 0.1) is 0 Å². The number of nitrogens with zero attached hydrogens (tertiary/aromatic N) is 1. The molecule has 1 aliphatic heterocycles. The smallest absolute Gasteiger partial charge is 0.0108 e. The van der Waals surface area contributed by atoms with Gasteiger partial charge in [0.15, 0.2) is 0 Å². The van der Waals surface area contributed by atoms with Crippen LogP contribution in [0.25, 0.3) is 0 Å². The first-order valence-electron chi connectivity index (χ1n) is 3.89. The van der Waals surface area contributed by atoms with Gasteiger partial charge in [0.1, 0.15) is 0 Å².